The number of ether oxygens (including phenoxy) is 1. The number of halogens is 1. The summed E-state index contributed by atoms with van der Waals surface area (Å²) in [6, 6.07) is 7.82. The third kappa shape index (κ3) is 5.61. The maximum atomic E-state index is 13.1. The van der Waals surface area contributed by atoms with Crippen LogP contribution in [-0.2, 0) is 14.8 Å². The highest BCUT2D eigenvalue weighted by Gasteiger charge is 2.39. The van der Waals surface area contributed by atoms with E-state index in [4.69, 9.17) is 4.74 Å². The van der Waals surface area contributed by atoms with Gasteiger partial charge in [-0.2, -0.15) is 4.98 Å². The molecular formula is C26H33BrN6O4S. The number of carbonyl (C=O) groups is 1. The molecule has 1 amide bonds. The molecule has 1 saturated carbocycles. The molecule has 2 fully saturated rings. The minimum Gasteiger partial charge on any atom is -0.444 e. The lowest BCUT2D eigenvalue weighted by Crippen LogP contribution is -2.50. The van der Waals surface area contributed by atoms with Gasteiger partial charge in [-0.1, -0.05) is 12.8 Å². The van der Waals surface area contributed by atoms with Crippen LogP contribution < -0.4 is 14.5 Å². The molecule has 204 valence electrons. The first-order valence-electron chi connectivity index (χ1n) is 12.9. The molecule has 0 bridgehead atoms. The van der Waals surface area contributed by atoms with Crippen molar-refractivity contribution < 1.29 is 17.9 Å². The quantitative estimate of drug-likeness (QED) is 0.516. The molecule has 0 spiro atoms. The van der Waals surface area contributed by atoms with Crippen LogP contribution in [-0.4, -0.2) is 67.2 Å². The predicted molar refractivity (Wildman–Crippen MR) is 152 cm³/mol. The van der Waals surface area contributed by atoms with Gasteiger partial charge in [0, 0.05) is 55.4 Å². The molecule has 5 rings (SSSR count). The van der Waals surface area contributed by atoms with Gasteiger partial charge in [0.1, 0.15) is 9.42 Å². The average Bonchev–Trinajstić information content (AvgIpc) is 3.39. The summed E-state index contributed by atoms with van der Waals surface area (Å²) in [6.07, 6.45) is 6.60. The van der Waals surface area contributed by atoms with Crippen molar-refractivity contribution in [1.82, 2.24) is 14.9 Å². The highest BCUT2D eigenvalue weighted by molar-refractivity contribution is 9.13. The number of anilines is 4. The molecule has 1 aliphatic carbocycles. The van der Waals surface area contributed by atoms with Crippen molar-refractivity contribution in [2.45, 2.75) is 58.1 Å². The number of benzene rings is 1. The fourth-order valence-electron chi connectivity index (χ4n) is 4.99. The van der Waals surface area contributed by atoms with E-state index in [1.807, 2.05) is 45.0 Å². The summed E-state index contributed by atoms with van der Waals surface area (Å²) >= 11 is 3.23. The maximum absolute atomic E-state index is 13.1. The van der Waals surface area contributed by atoms with E-state index in [-0.39, 0.29) is 15.9 Å². The molecule has 1 saturated heterocycles. The largest absolute Gasteiger partial charge is 0.444 e. The lowest BCUT2D eigenvalue weighted by Gasteiger charge is -2.36. The highest BCUT2D eigenvalue weighted by atomic mass is 79.9. The number of hydrogen-bond donors (Lipinski definition) is 1. The second-order valence-electron chi connectivity index (χ2n) is 10.8. The summed E-state index contributed by atoms with van der Waals surface area (Å²) in [7, 11) is -3.67. The Bertz CT molecular complexity index is 1330. The predicted octanol–water partition coefficient (Wildman–Crippen LogP) is 5.06. The van der Waals surface area contributed by atoms with Crippen LogP contribution in [0.3, 0.4) is 0 Å². The number of piperazine rings is 1. The number of amides is 1. The number of rotatable bonds is 4. The number of aromatic nitrogens is 2. The number of hydrogen-bond acceptors (Lipinski definition) is 8. The zero-order chi connectivity index (χ0) is 27.1. The zero-order valence-electron chi connectivity index (χ0n) is 21.9. The number of nitrogens with one attached hydrogen (secondary N) is 1. The molecule has 3 heterocycles. The Balaban J connectivity index is 1.26. The van der Waals surface area contributed by atoms with Crippen LogP contribution in [0.2, 0.25) is 0 Å². The van der Waals surface area contributed by atoms with Crippen LogP contribution in [0, 0.1) is 0 Å². The Kier molecular flexibility index (Phi) is 7.29. The molecule has 1 aromatic heterocycles. The van der Waals surface area contributed by atoms with E-state index in [0.717, 1.165) is 37.1 Å². The van der Waals surface area contributed by atoms with Crippen LogP contribution in [0.1, 0.15) is 52.0 Å². The van der Waals surface area contributed by atoms with Gasteiger partial charge in [0.15, 0.2) is 5.82 Å². The number of fused-ring (bicyclic) bond motifs is 1. The van der Waals surface area contributed by atoms with Crippen molar-refractivity contribution >= 4 is 61.3 Å². The van der Waals surface area contributed by atoms with Crippen molar-refractivity contribution in [3.05, 3.63) is 39.8 Å². The first-order valence-corrected chi connectivity index (χ1v) is 15.1. The zero-order valence-corrected chi connectivity index (χ0v) is 24.3. The van der Waals surface area contributed by atoms with Gasteiger partial charge in [-0.25, -0.2) is 22.5 Å². The van der Waals surface area contributed by atoms with Crippen LogP contribution in [0.25, 0.3) is 6.08 Å². The van der Waals surface area contributed by atoms with Gasteiger partial charge in [-0.3, -0.25) is 0 Å². The molecule has 3 aliphatic rings. The molecular weight excluding hydrogens is 572 g/mol. The van der Waals surface area contributed by atoms with E-state index >= 15 is 0 Å². The molecule has 0 radical (unpaired) electrons. The van der Waals surface area contributed by atoms with Crippen LogP contribution in [0.15, 0.2) is 34.3 Å². The molecule has 1 N–H and O–H groups in total. The fourth-order valence-corrected chi connectivity index (χ4v) is 7.15. The Labute approximate surface area is 232 Å². The van der Waals surface area contributed by atoms with E-state index < -0.39 is 15.6 Å². The van der Waals surface area contributed by atoms with Gasteiger partial charge >= 0.3 is 6.09 Å². The molecule has 0 atom stereocenters. The molecule has 2 aliphatic heterocycles. The monoisotopic (exact) mass is 604 g/mol. The van der Waals surface area contributed by atoms with Crippen LogP contribution >= 0.6 is 15.9 Å². The molecule has 38 heavy (non-hydrogen) atoms. The van der Waals surface area contributed by atoms with Crippen molar-refractivity contribution in [3.63, 3.8) is 0 Å². The van der Waals surface area contributed by atoms with Crippen molar-refractivity contribution in [2.24, 2.45) is 0 Å². The topological polar surface area (TPSA) is 108 Å². The molecule has 2 aromatic rings. The number of nitrogens with zero attached hydrogens (tertiary/aromatic N) is 5. The van der Waals surface area contributed by atoms with Gasteiger partial charge in [0.25, 0.3) is 10.0 Å². The molecule has 12 heteroatoms. The first-order chi connectivity index (χ1) is 18.0. The Hall–Kier alpha value is -2.86. The van der Waals surface area contributed by atoms with Gasteiger partial charge in [0.05, 0.1) is 0 Å². The van der Waals surface area contributed by atoms with Gasteiger partial charge < -0.3 is 19.9 Å². The second-order valence-corrected chi connectivity index (χ2v) is 13.9. The molecule has 10 nitrogen and oxygen atoms in total. The highest BCUT2D eigenvalue weighted by Crippen LogP contribution is 2.40. The average molecular weight is 606 g/mol. The first kappa shape index (κ1) is 26.7. The second kappa shape index (κ2) is 10.4. The van der Waals surface area contributed by atoms with Crippen molar-refractivity contribution in [2.75, 3.05) is 40.7 Å². The third-order valence-corrected chi connectivity index (χ3v) is 9.91. The Morgan fingerprint density at radius 3 is 2.37 bits per heavy atom. The Morgan fingerprint density at radius 2 is 1.74 bits per heavy atom. The standard InChI is InChI=1S/C26H33BrN6O4S/c1-26(2,3)37-25(34)32-14-12-31(13-15-32)20-10-8-19(9-11-20)29-24-28-17-18-16-22(27)38(35,36)33(23(18)30-24)21-6-4-5-7-21/h8-11,16-17,21H,4-7,12-15H2,1-3H3,(H,28,29,30). The fraction of sp³-hybridized carbons (Fsp3) is 0.500. The van der Waals surface area contributed by atoms with Gasteiger partial charge in [-0.15, -0.1) is 0 Å². The van der Waals surface area contributed by atoms with Gasteiger partial charge in [0.2, 0.25) is 5.95 Å². The third-order valence-electron chi connectivity index (χ3n) is 6.86. The minimum absolute atomic E-state index is 0.0992. The lowest BCUT2D eigenvalue weighted by molar-refractivity contribution is 0.0240. The van der Waals surface area contributed by atoms with E-state index in [1.54, 1.807) is 17.2 Å². The van der Waals surface area contributed by atoms with E-state index in [0.29, 0.717) is 43.5 Å². The Morgan fingerprint density at radius 1 is 1.08 bits per heavy atom. The summed E-state index contributed by atoms with van der Waals surface area (Å²) < 4.78 is 33.4. The van der Waals surface area contributed by atoms with E-state index in [1.165, 1.54) is 4.31 Å². The number of sulfonamides is 1. The summed E-state index contributed by atoms with van der Waals surface area (Å²) in [5.74, 6) is 0.754. The SMILES string of the molecule is CC(C)(C)OC(=O)N1CCN(c2ccc(Nc3ncc4c(n3)N(C3CCCC3)S(=O)(=O)C(Br)=C4)cc2)CC1. The summed E-state index contributed by atoms with van der Waals surface area (Å²) in [5, 5.41) is 3.21. The van der Waals surface area contributed by atoms with E-state index in [2.05, 4.69) is 36.1 Å². The van der Waals surface area contributed by atoms with Crippen molar-refractivity contribution in [1.29, 1.82) is 0 Å². The maximum Gasteiger partial charge on any atom is 0.410 e. The number of carbonyl (C=O) groups excluding carboxylic acids is 1. The van der Waals surface area contributed by atoms with Crippen LogP contribution in [0.5, 0.6) is 0 Å². The summed E-state index contributed by atoms with van der Waals surface area (Å²) in [4.78, 5) is 25.4. The molecule has 1 aromatic carbocycles. The van der Waals surface area contributed by atoms with Crippen molar-refractivity contribution in [3.8, 4) is 0 Å². The van der Waals surface area contributed by atoms with Crippen LogP contribution in [0.4, 0.5) is 27.9 Å². The van der Waals surface area contributed by atoms with Gasteiger partial charge in [-0.05, 0) is 79.9 Å². The normalized spacial score (nSPS) is 19.7. The minimum atomic E-state index is -3.67. The summed E-state index contributed by atoms with van der Waals surface area (Å²) in [5.41, 5.74) is 2.02. The molecule has 0 unspecified atom stereocenters. The van der Waals surface area contributed by atoms with E-state index in [9.17, 15) is 13.2 Å². The smallest absolute Gasteiger partial charge is 0.410 e. The summed E-state index contributed by atoms with van der Waals surface area (Å²) in [6.45, 7) is 8.25. The lowest BCUT2D eigenvalue weighted by atomic mass is 10.2.